The molecule has 0 bridgehead atoms. The molecule has 0 N–H and O–H groups in total. The van der Waals surface area contributed by atoms with E-state index in [0.29, 0.717) is 0 Å². The third-order valence-corrected chi connectivity index (χ3v) is 6.76. The molecule has 30 heavy (non-hydrogen) atoms. The Labute approximate surface area is 178 Å². The first-order valence-electron chi connectivity index (χ1n) is 10.1. The molecule has 3 aromatic rings. The molecular weight excluding hydrogens is 394 g/mol. The fourth-order valence-corrected chi connectivity index (χ4v) is 5.69. The van der Waals surface area contributed by atoms with Crippen LogP contribution in [0.1, 0.15) is 45.7 Å². The van der Waals surface area contributed by atoms with Gasteiger partial charge in [0.1, 0.15) is 10.1 Å². The van der Waals surface area contributed by atoms with Gasteiger partial charge in [-0.15, -0.1) is 0 Å². The molecule has 0 atom stereocenters. The first-order valence-corrected chi connectivity index (χ1v) is 11.5. The Morgan fingerprint density at radius 3 is 2.23 bits per heavy atom. The van der Waals surface area contributed by atoms with Crippen molar-refractivity contribution < 1.29 is 17.5 Å². The summed E-state index contributed by atoms with van der Waals surface area (Å²) in [5.74, 6) is 0. The van der Waals surface area contributed by atoms with Crippen molar-refractivity contribution in [2.45, 2.75) is 51.5 Å². The summed E-state index contributed by atoms with van der Waals surface area (Å²) >= 11 is 0. The van der Waals surface area contributed by atoms with Crippen LogP contribution in [0.5, 0.6) is 0 Å². The van der Waals surface area contributed by atoms with Crippen molar-refractivity contribution in [3.05, 3.63) is 71.8 Å². The van der Waals surface area contributed by atoms with Crippen LogP contribution in [0.3, 0.4) is 0 Å². The van der Waals surface area contributed by atoms with Gasteiger partial charge in [-0.25, -0.2) is 8.42 Å². The summed E-state index contributed by atoms with van der Waals surface area (Å²) in [6, 6.07) is 19.1. The minimum atomic E-state index is -4.49. The first kappa shape index (κ1) is 20.8. The molecule has 0 amide bonds. The fraction of sp³-hybridized carbons (Fsp3) is 0.320. The van der Waals surface area contributed by atoms with Gasteiger partial charge in [-0.3, -0.25) is 0 Å². The number of nitrogens with zero attached hydrogens (tertiary/aromatic N) is 1. The molecule has 0 aliphatic carbocycles. The summed E-state index contributed by atoms with van der Waals surface area (Å²) in [5, 5.41) is 1.76. The molecule has 0 saturated carbocycles. The topological polar surface area (TPSA) is 60.2 Å². The van der Waals surface area contributed by atoms with E-state index in [9.17, 15) is 13.0 Å². The molecule has 0 spiro atoms. The molecule has 4 nitrogen and oxygen atoms in total. The van der Waals surface area contributed by atoms with Gasteiger partial charge in [-0.1, -0.05) is 57.2 Å². The van der Waals surface area contributed by atoms with E-state index >= 15 is 0 Å². The Bertz CT molecular complexity index is 1280. The van der Waals surface area contributed by atoms with Crippen LogP contribution < -0.4 is 0 Å². The predicted octanol–water partition coefficient (Wildman–Crippen LogP) is 5.37. The van der Waals surface area contributed by atoms with Gasteiger partial charge in [0.25, 0.3) is 0 Å². The van der Waals surface area contributed by atoms with Crippen molar-refractivity contribution in [3.8, 4) is 0 Å². The summed E-state index contributed by atoms with van der Waals surface area (Å²) in [6.45, 7) is 11.9. The van der Waals surface area contributed by atoms with E-state index in [1.54, 1.807) is 6.07 Å². The van der Waals surface area contributed by atoms with Crippen LogP contribution in [0, 0.1) is 5.41 Å². The van der Waals surface area contributed by atoms with Crippen molar-refractivity contribution in [3.63, 3.8) is 0 Å². The lowest BCUT2D eigenvalue weighted by atomic mass is 9.70. The number of hydrogen-bond donors (Lipinski definition) is 0. The molecule has 1 aliphatic heterocycles. The fourth-order valence-electron chi connectivity index (χ4n) is 5.18. The van der Waals surface area contributed by atoms with E-state index in [0.717, 1.165) is 23.0 Å². The van der Waals surface area contributed by atoms with Gasteiger partial charge in [0.2, 0.25) is 5.69 Å². The zero-order valence-electron chi connectivity index (χ0n) is 18.1. The second-order valence-electron chi connectivity index (χ2n) is 9.59. The smallest absolute Gasteiger partial charge is 0.210 e. The Kier molecular flexibility index (Phi) is 4.68. The van der Waals surface area contributed by atoms with Crippen LogP contribution in [0.4, 0.5) is 5.69 Å². The number of fused-ring (bicyclic) bond motifs is 3. The second kappa shape index (κ2) is 6.76. The lowest BCUT2D eigenvalue weighted by Gasteiger charge is -2.27. The van der Waals surface area contributed by atoms with Crippen LogP contribution in [0.15, 0.2) is 65.6 Å². The average Bonchev–Trinajstić information content (AvgIpc) is 2.88. The van der Waals surface area contributed by atoms with E-state index in [-0.39, 0.29) is 15.7 Å². The van der Waals surface area contributed by atoms with Gasteiger partial charge in [-0.2, -0.15) is 4.58 Å². The molecule has 156 valence electrons. The largest absolute Gasteiger partial charge is 0.744 e. The molecule has 3 aromatic carbocycles. The van der Waals surface area contributed by atoms with Gasteiger partial charge < -0.3 is 4.55 Å². The minimum absolute atomic E-state index is 0.0675. The quantitative estimate of drug-likeness (QED) is 0.422. The van der Waals surface area contributed by atoms with Gasteiger partial charge in [-0.05, 0) is 42.8 Å². The maximum atomic E-state index is 11.5. The average molecular weight is 422 g/mol. The van der Waals surface area contributed by atoms with Crippen LogP contribution in [0.25, 0.3) is 10.8 Å². The van der Waals surface area contributed by atoms with Crippen molar-refractivity contribution in [2.75, 3.05) is 0 Å². The highest BCUT2D eigenvalue weighted by Crippen LogP contribution is 2.48. The van der Waals surface area contributed by atoms with Gasteiger partial charge >= 0.3 is 0 Å². The highest BCUT2D eigenvalue weighted by molar-refractivity contribution is 7.85. The Balaban J connectivity index is 1.99. The van der Waals surface area contributed by atoms with Crippen molar-refractivity contribution in [2.24, 2.45) is 5.41 Å². The molecule has 0 aromatic heterocycles. The predicted molar refractivity (Wildman–Crippen MR) is 119 cm³/mol. The highest BCUT2D eigenvalue weighted by atomic mass is 32.2. The lowest BCUT2D eigenvalue weighted by Crippen LogP contribution is -2.39. The molecular formula is C25H27NO3S. The molecule has 0 unspecified atom stereocenters. The second-order valence-corrected chi connectivity index (χ2v) is 11.0. The summed E-state index contributed by atoms with van der Waals surface area (Å²) in [5.41, 5.74) is 4.55. The lowest BCUT2D eigenvalue weighted by molar-refractivity contribution is -0.459. The third-order valence-electron chi connectivity index (χ3n) is 5.93. The van der Waals surface area contributed by atoms with E-state index in [1.807, 2.05) is 12.1 Å². The van der Waals surface area contributed by atoms with E-state index in [1.165, 1.54) is 29.0 Å². The van der Waals surface area contributed by atoms with Crippen molar-refractivity contribution in [1.82, 2.24) is 0 Å². The molecule has 0 saturated heterocycles. The van der Waals surface area contributed by atoms with E-state index in [4.69, 9.17) is 0 Å². The van der Waals surface area contributed by atoms with Crippen LogP contribution in [-0.2, 0) is 22.1 Å². The zero-order valence-corrected chi connectivity index (χ0v) is 18.9. The molecule has 1 aliphatic rings. The Hall–Kier alpha value is -2.50. The van der Waals surface area contributed by atoms with Gasteiger partial charge in [0.05, 0.1) is 10.3 Å². The zero-order chi connectivity index (χ0) is 21.9. The number of rotatable bonds is 3. The van der Waals surface area contributed by atoms with Crippen molar-refractivity contribution in [1.29, 1.82) is 0 Å². The monoisotopic (exact) mass is 421 g/mol. The highest BCUT2D eigenvalue weighted by Gasteiger charge is 2.51. The first-order chi connectivity index (χ1) is 13.9. The van der Waals surface area contributed by atoms with Crippen LogP contribution >= 0.6 is 0 Å². The van der Waals surface area contributed by atoms with Gasteiger partial charge in [0, 0.05) is 22.6 Å². The van der Waals surface area contributed by atoms with E-state index < -0.39 is 10.1 Å². The molecule has 1 heterocycles. The summed E-state index contributed by atoms with van der Waals surface area (Å²) in [7, 11) is -4.49. The van der Waals surface area contributed by atoms with Crippen LogP contribution in [0.2, 0.25) is 0 Å². The standard InChI is InChI=1S/C25H27NO3S/c1-24(2,3)23-25(4,5)22-20-13-12-19(30(27,28)29)15-18(20)11-14-21(22)26(23)16-17-9-7-6-8-10-17/h6-15H,16H2,1-5H3. The summed E-state index contributed by atoms with van der Waals surface area (Å²) < 4.78 is 36.9. The third kappa shape index (κ3) is 3.36. The SMILES string of the molecule is CC(C)(C)C1=[N+](Cc2ccccc2)c2ccc3cc(S(=O)(=O)[O-])ccc3c2C1(C)C. The molecule has 4 rings (SSSR count). The van der Waals surface area contributed by atoms with Gasteiger partial charge in [0.15, 0.2) is 12.3 Å². The summed E-state index contributed by atoms with van der Waals surface area (Å²) in [6.07, 6.45) is 0. The molecule has 5 heteroatoms. The molecule has 0 radical (unpaired) electrons. The maximum absolute atomic E-state index is 11.5. The normalized spacial score (nSPS) is 16.2. The molecule has 0 fully saturated rings. The Morgan fingerprint density at radius 2 is 1.63 bits per heavy atom. The van der Waals surface area contributed by atoms with Crippen LogP contribution in [-0.4, -0.2) is 23.3 Å². The number of benzene rings is 3. The number of hydrogen-bond acceptors (Lipinski definition) is 3. The minimum Gasteiger partial charge on any atom is -0.744 e. The maximum Gasteiger partial charge on any atom is 0.210 e. The summed E-state index contributed by atoms with van der Waals surface area (Å²) in [4.78, 5) is -0.188. The Morgan fingerprint density at radius 1 is 0.967 bits per heavy atom. The van der Waals surface area contributed by atoms with E-state index in [2.05, 4.69) is 69.5 Å². The van der Waals surface area contributed by atoms with Crippen molar-refractivity contribution >= 4 is 32.3 Å².